The Morgan fingerprint density at radius 2 is 2.25 bits per heavy atom. The van der Waals surface area contributed by atoms with Crippen molar-refractivity contribution in [3.8, 4) is 11.5 Å². The second-order valence-electron chi connectivity index (χ2n) is 6.43. The van der Waals surface area contributed by atoms with E-state index in [1.165, 1.54) is 6.42 Å². The van der Waals surface area contributed by atoms with Gasteiger partial charge in [-0.15, -0.1) is 0 Å². The van der Waals surface area contributed by atoms with Gasteiger partial charge in [-0.05, 0) is 57.1 Å². The van der Waals surface area contributed by atoms with Crippen LogP contribution >= 0.6 is 11.3 Å². The molecule has 1 fully saturated rings. The van der Waals surface area contributed by atoms with E-state index in [2.05, 4.69) is 10.3 Å². The van der Waals surface area contributed by atoms with Crippen molar-refractivity contribution < 1.29 is 9.21 Å². The Kier molecular flexibility index (Phi) is 5.68. The highest BCUT2D eigenvalue weighted by atomic mass is 32.1. The summed E-state index contributed by atoms with van der Waals surface area (Å²) in [6.07, 6.45) is 3.74. The first kappa shape index (κ1) is 17.2. The SMILES string of the molecule is CNCCC1CCN(C(=O)Cc2nc(-c3ccsc3)oc2C)CC1. The predicted molar refractivity (Wildman–Crippen MR) is 96.1 cm³/mol. The molecule has 0 aromatic carbocycles. The van der Waals surface area contributed by atoms with Crippen LogP contribution in [0.3, 0.4) is 0 Å². The number of thiophene rings is 1. The van der Waals surface area contributed by atoms with Crippen molar-refractivity contribution in [2.75, 3.05) is 26.7 Å². The topological polar surface area (TPSA) is 58.4 Å². The molecule has 1 N–H and O–H groups in total. The summed E-state index contributed by atoms with van der Waals surface area (Å²) in [5.41, 5.74) is 1.74. The van der Waals surface area contributed by atoms with Crippen molar-refractivity contribution in [3.05, 3.63) is 28.3 Å². The predicted octanol–water partition coefficient (Wildman–Crippen LogP) is 3.10. The largest absolute Gasteiger partial charge is 0.441 e. The van der Waals surface area contributed by atoms with Crippen LogP contribution < -0.4 is 5.32 Å². The van der Waals surface area contributed by atoms with E-state index >= 15 is 0 Å². The summed E-state index contributed by atoms with van der Waals surface area (Å²) in [6.45, 7) is 4.67. The molecule has 3 heterocycles. The third-order valence-electron chi connectivity index (χ3n) is 4.75. The van der Waals surface area contributed by atoms with Crippen LogP contribution in [0.25, 0.3) is 11.5 Å². The highest BCUT2D eigenvalue weighted by Gasteiger charge is 2.24. The number of aryl methyl sites for hydroxylation is 1. The lowest BCUT2D eigenvalue weighted by molar-refractivity contribution is -0.131. The molecule has 0 aliphatic carbocycles. The molecule has 0 spiro atoms. The van der Waals surface area contributed by atoms with Crippen molar-refractivity contribution in [3.63, 3.8) is 0 Å². The molecule has 1 aliphatic rings. The molecule has 0 radical (unpaired) electrons. The Bertz CT molecular complexity index is 658. The van der Waals surface area contributed by atoms with Crippen molar-refractivity contribution in [2.45, 2.75) is 32.6 Å². The van der Waals surface area contributed by atoms with Gasteiger partial charge in [0.1, 0.15) is 5.76 Å². The van der Waals surface area contributed by atoms with Gasteiger partial charge in [0.15, 0.2) is 0 Å². The van der Waals surface area contributed by atoms with Gasteiger partial charge in [-0.3, -0.25) is 4.79 Å². The smallest absolute Gasteiger partial charge is 0.228 e. The van der Waals surface area contributed by atoms with Crippen molar-refractivity contribution in [1.82, 2.24) is 15.2 Å². The molecule has 0 unspecified atom stereocenters. The average Bonchev–Trinajstić information content (AvgIpc) is 3.24. The fraction of sp³-hybridized carbons (Fsp3) is 0.556. The molecular weight excluding hydrogens is 322 g/mol. The number of piperidine rings is 1. The van der Waals surface area contributed by atoms with Gasteiger partial charge >= 0.3 is 0 Å². The van der Waals surface area contributed by atoms with E-state index in [1.807, 2.05) is 35.7 Å². The number of hydrogen-bond acceptors (Lipinski definition) is 5. The first-order valence-corrected chi connectivity index (χ1v) is 9.53. The Balaban J connectivity index is 1.56. The normalized spacial score (nSPS) is 15.8. The van der Waals surface area contributed by atoms with Crippen LogP contribution in [0.2, 0.25) is 0 Å². The Morgan fingerprint density at radius 1 is 1.46 bits per heavy atom. The van der Waals surface area contributed by atoms with E-state index < -0.39 is 0 Å². The Morgan fingerprint density at radius 3 is 2.92 bits per heavy atom. The summed E-state index contributed by atoms with van der Waals surface area (Å²) in [5.74, 6) is 2.26. The zero-order valence-electron chi connectivity index (χ0n) is 14.4. The molecule has 2 aromatic heterocycles. The van der Waals surface area contributed by atoms with E-state index in [1.54, 1.807) is 11.3 Å². The van der Waals surface area contributed by atoms with Crippen LogP contribution in [0.1, 0.15) is 30.7 Å². The highest BCUT2D eigenvalue weighted by Crippen LogP contribution is 2.25. The minimum Gasteiger partial charge on any atom is -0.441 e. The van der Waals surface area contributed by atoms with Gasteiger partial charge in [-0.2, -0.15) is 11.3 Å². The molecular formula is C18H25N3O2S. The van der Waals surface area contributed by atoms with Crippen LogP contribution in [0.4, 0.5) is 0 Å². The maximum absolute atomic E-state index is 12.6. The number of aromatic nitrogens is 1. The lowest BCUT2D eigenvalue weighted by Crippen LogP contribution is -2.39. The fourth-order valence-corrected chi connectivity index (χ4v) is 3.81. The monoisotopic (exact) mass is 347 g/mol. The third kappa shape index (κ3) is 4.05. The van der Waals surface area contributed by atoms with Gasteiger partial charge in [0.25, 0.3) is 0 Å². The van der Waals surface area contributed by atoms with Gasteiger partial charge < -0.3 is 14.6 Å². The highest BCUT2D eigenvalue weighted by molar-refractivity contribution is 7.08. The lowest BCUT2D eigenvalue weighted by Gasteiger charge is -2.32. The van der Waals surface area contributed by atoms with Crippen LogP contribution in [0.15, 0.2) is 21.2 Å². The molecule has 0 bridgehead atoms. The summed E-state index contributed by atoms with van der Waals surface area (Å²) in [4.78, 5) is 19.1. The van der Waals surface area contributed by atoms with Gasteiger partial charge in [-0.25, -0.2) is 4.98 Å². The molecule has 5 nitrogen and oxygen atoms in total. The van der Waals surface area contributed by atoms with Gasteiger partial charge in [0, 0.05) is 24.0 Å². The number of carbonyl (C=O) groups excluding carboxylic acids is 1. The van der Waals surface area contributed by atoms with Crippen LogP contribution in [-0.2, 0) is 11.2 Å². The lowest BCUT2D eigenvalue weighted by atomic mass is 9.93. The standard InChI is InChI=1S/C18H25N3O2S/c1-13-16(20-18(23-13)15-6-10-24-12-15)11-17(22)21-8-4-14(5-9-21)3-7-19-2/h6,10,12,14,19H,3-5,7-9,11H2,1-2H3. The number of amides is 1. The third-order valence-corrected chi connectivity index (χ3v) is 5.43. The Labute approximate surface area is 147 Å². The first-order chi connectivity index (χ1) is 11.7. The molecule has 3 rings (SSSR count). The van der Waals surface area contributed by atoms with Crippen LogP contribution in [0, 0.1) is 12.8 Å². The number of likely N-dealkylation sites (tertiary alicyclic amines) is 1. The van der Waals surface area contributed by atoms with E-state index in [9.17, 15) is 4.79 Å². The number of nitrogens with one attached hydrogen (secondary N) is 1. The number of hydrogen-bond donors (Lipinski definition) is 1. The van der Waals surface area contributed by atoms with Crippen LogP contribution in [-0.4, -0.2) is 42.5 Å². The van der Waals surface area contributed by atoms with Crippen molar-refractivity contribution in [2.24, 2.45) is 5.92 Å². The van der Waals surface area contributed by atoms with E-state index in [4.69, 9.17) is 4.42 Å². The van der Waals surface area contributed by atoms with E-state index in [0.29, 0.717) is 12.3 Å². The van der Waals surface area contributed by atoms with E-state index in [-0.39, 0.29) is 5.91 Å². The minimum absolute atomic E-state index is 0.162. The quantitative estimate of drug-likeness (QED) is 0.872. The molecule has 0 saturated carbocycles. The van der Waals surface area contributed by atoms with Gasteiger partial charge in [-0.1, -0.05) is 0 Å². The minimum atomic E-state index is 0.162. The second-order valence-corrected chi connectivity index (χ2v) is 7.21. The zero-order chi connectivity index (χ0) is 16.9. The average molecular weight is 347 g/mol. The molecule has 1 saturated heterocycles. The summed E-state index contributed by atoms with van der Waals surface area (Å²) in [5, 5.41) is 7.21. The van der Waals surface area contributed by atoms with Crippen molar-refractivity contribution in [1.29, 1.82) is 0 Å². The fourth-order valence-electron chi connectivity index (χ4n) is 3.18. The number of oxazole rings is 1. The van der Waals surface area contributed by atoms with Gasteiger partial charge in [0.05, 0.1) is 12.1 Å². The first-order valence-electron chi connectivity index (χ1n) is 8.58. The molecule has 0 atom stereocenters. The molecule has 130 valence electrons. The summed E-state index contributed by atoms with van der Waals surface area (Å²) < 4.78 is 5.73. The number of carbonyl (C=O) groups is 1. The Hall–Kier alpha value is -1.66. The van der Waals surface area contributed by atoms with Crippen LogP contribution in [0.5, 0.6) is 0 Å². The molecule has 1 amide bonds. The zero-order valence-corrected chi connectivity index (χ0v) is 15.2. The van der Waals surface area contributed by atoms with Gasteiger partial charge in [0.2, 0.25) is 11.8 Å². The maximum Gasteiger partial charge on any atom is 0.228 e. The summed E-state index contributed by atoms with van der Waals surface area (Å²) >= 11 is 1.61. The number of rotatable bonds is 6. The summed E-state index contributed by atoms with van der Waals surface area (Å²) in [6, 6.07) is 1.98. The molecule has 1 aliphatic heterocycles. The molecule has 24 heavy (non-hydrogen) atoms. The number of nitrogens with zero attached hydrogens (tertiary/aromatic N) is 2. The molecule has 2 aromatic rings. The van der Waals surface area contributed by atoms with E-state index in [0.717, 1.165) is 55.4 Å². The summed E-state index contributed by atoms with van der Waals surface area (Å²) in [7, 11) is 1.99. The second kappa shape index (κ2) is 7.94. The maximum atomic E-state index is 12.6. The van der Waals surface area contributed by atoms with Crippen molar-refractivity contribution >= 4 is 17.2 Å². The molecule has 6 heteroatoms.